The van der Waals surface area contributed by atoms with Gasteiger partial charge in [0, 0.05) is 28.5 Å². The standard InChI is InChI=1S/C14H16BrN3OS/c15-11-6-20-14-12(11)13(16-7-17-14)18-9-1-2-10(18)4-8(3-9)5-19/h6-10,19H,1-5H2. The van der Waals surface area contributed by atoms with Crippen molar-refractivity contribution in [3.63, 3.8) is 0 Å². The molecule has 106 valence electrons. The molecule has 2 saturated heterocycles. The Hall–Kier alpha value is -0.720. The average molecular weight is 354 g/mol. The molecular formula is C14H16BrN3OS. The molecule has 2 aromatic heterocycles. The zero-order valence-corrected chi connectivity index (χ0v) is 13.4. The van der Waals surface area contributed by atoms with Crippen molar-refractivity contribution in [3.8, 4) is 0 Å². The van der Waals surface area contributed by atoms with Gasteiger partial charge in [0.2, 0.25) is 0 Å². The fourth-order valence-corrected chi connectivity index (χ4v) is 5.34. The van der Waals surface area contributed by atoms with Crippen LogP contribution in [-0.2, 0) is 0 Å². The molecule has 2 aromatic rings. The third-order valence-corrected chi connectivity index (χ3v) is 6.45. The van der Waals surface area contributed by atoms with Crippen LogP contribution in [0.15, 0.2) is 16.2 Å². The van der Waals surface area contributed by atoms with Crippen LogP contribution >= 0.6 is 27.3 Å². The summed E-state index contributed by atoms with van der Waals surface area (Å²) in [5, 5.41) is 12.7. The maximum Gasteiger partial charge on any atom is 0.142 e. The van der Waals surface area contributed by atoms with Crippen molar-refractivity contribution in [2.24, 2.45) is 5.92 Å². The molecule has 0 amide bonds. The lowest BCUT2D eigenvalue weighted by Crippen LogP contribution is -2.44. The van der Waals surface area contributed by atoms with E-state index in [1.807, 2.05) is 0 Å². The first-order chi connectivity index (χ1) is 9.78. The van der Waals surface area contributed by atoms with Crippen LogP contribution in [0.4, 0.5) is 5.82 Å². The van der Waals surface area contributed by atoms with Gasteiger partial charge in [-0.1, -0.05) is 0 Å². The van der Waals surface area contributed by atoms with Crippen molar-refractivity contribution >= 4 is 43.3 Å². The zero-order valence-electron chi connectivity index (χ0n) is 11.0. The Morgan fingerprint density at radius 1 is 1.30 bits per heavy atom. The monoisotopic (exact) mass is 353 g/mol. The van der Waals surface area contributed by atoms with Gasteiger partial charge in [-0.3, -0.25) is 0 Å². The fourth-order valence-electron chi connectivity index (χ4n) is 3.81. The number of aliphatic hydroxyl groups excluding tert-OH is 1. The van der Waals surface area contributed by atoms with Gasteiger partial charge in [-0.05, 0) is 47.5 Å². The van der Waals surface area contributed by atoms with Crippen molar-refractivity contribution in [2.45, 2.75) is 37.8 Å². The number of rotatable bonds is 2. The van der Waals surface area contributed by atoms with E-state index in [0.29, 0.717) is 24.6 Å². The van der Waals surface area contributed by atoms with Crippen LogP contribution in [0.1, 0.15) is 25.7 Å². The molecule has 2 bridgehead atoms. The quantitative estimate of drug-likeness (QED) is 0.900. The Kier molecular flexibility index (Phi) is 3.20. The first-order valence-corrected chi connectivity index (χ1v) is 8.72. The molecule has 4 heterocycles. The van der Waals surface area contributed by atoms with Crippen LogP contribution in [0, 0.1) is 5.92 Å². The number of aromatic nitrogens is 2. The normalized spacial score (nSPS) is 29.3. The van der Waals surface area contributed by atoms with E-state index in [9.17, 15) is 5.11 Å². The molecule has 0 aromatic carbocycles. The molecular weight excluding hydrogens is 338 g/mol. The second-order valence-electron chi connectivity index (χ2n) is 5.77. The van der Waals surface area contributed by atoms with Gasteiger partial charge in [0.25, 0.3) is 0 Å². The summed E-state index contributed by atoms with van der Waals surface area (Å²) >= 11 is 5.29. The highest BCUT2D eigenvalue weighted by atomic mass is 79.9. The van der Waals surface area contributed by atoms with E-state index in [2.05, 4.69) is 36.2 Å². The molecule has 0 aliphatic carbocycles. The van der Waals surface area contributed by atoms with Crippen LogP contribution in [-0.4, -0.2) is 33.8 Å². The lowest BCUT2D eigenvalue weighted by molar-refractivity contribution is 0.185. The largest absolute Gasteiger partial charge is 0.396 e. The molecule has 2 unspecified atom stereocenters. The molecule has 4 rings (SSSR count). The lowest BCUT2D eigenvalue weighted by Gasteiger charge is -2.39. The summed E-state index contributed by atoms with van der Waals surface area (Å²) in [6, 6.07) is 1.05. The first-order valence-electron chi connectivity index (χ1n) is 7.05. The number of nitrogens with zero attached hydrogens (tertiary/aromatic N) is 3. The summed E-state index contributed by atoms with van der Waals surface area (Å²) in [6.07, 6.45) is 6.28. The Labute approximate surface area is 130 Å². The van der Waals surface area contributed by atoms with Gasteiger partial charge < -0.3 is 10.0 Å². The minimum Gasteiger partial charge on any atom is -0.396 e. The van der Waals surface area contributed by atoms with Gasteiger partial charge in [0.15, 0.2) is 0 Å². The summed E-state index contributed by atoms with van der Waals surface area (Å²) in [5.74, 6) is 1.54. The number of hydrogen-bond donors (Lipinski definition) is 1. The summed E-state index contributed by atoms with van der Waals surface area (Å²) in [6.45, 7) is 0.322. The van der Waals surface area contributed by atoms with Crippen molar-refractivity contribution in [1.29, 1.82) is 0 Å². The predicted molar refractivity (Wildman–Crippen MR) is 84.2 cm³/mol. The van der Waals surface area contributed by atoms with Crippen LogP contribution in [0.3, 0.4) is 0 Å². The van der Waals surface area contributed by atoms with E-state index in [1.54, 1.807) is 17.7 Å². The SMILES string of the molecule is OCC1CC2CCC(C1)N2c1ncnc2scc(Br)c12. The maximum absolute atomic E-state index is 9.44. The van der Waals surface area contributed by atoms with Crippen LogP contribution in [0.5, 0.6) is 0 Å². The molecule has 2 fully saturated rings. The van der Waals surface area contributed by atoms with E-state index in [-0.39, 0.29) is 0 Å². The van der Waals surface area contributed by atoms with Crippen LogP contribution in [0.25, 0.3) is 10.2 Å². The summed E-state index contributed by atoms with van der Waals surface area (Å²) in [5.41, 5.74) is 0. The number of piperidine rings is 1. The van der Waals surface area contributed by atoms with Gasteiger partial charge in [0.05, 0.1) is 5.39 Å². The zero-order chi connectivity index (χ0) is 13.7. The number of halogens is 1. The molecule has 0 spiro atoms. The van der Waals surface area contributed by atoms with Crippen molar-refractivity contribution in [3.05, 3.63) is 16.2 Å². The molecule has 2 aliphatic rings. The van der Waals surface area contributed by atoms with Gasteiger partial charge >= 0.3 is 0 Å². The van der Waals surface area contributed by atoms with Crippen molar-refractivity contribution in [2.75, 3.05) is 11.5 Å². The second-order valence-corrected chi connectivity index (χ2v) is 7.49. The number of fused-ring (bicyclic) bond motifs is 3. The van der Waals surface area contributed by atoms with Crippen molar-refractivity contribution < 1.29 is 5.11 Å². The van der Waals surface area contributed by atoms with Gasteiger partial charge in [-0.2, -0.15) is 0 Å². The molecule has 0 radical (unpaired) electrons. The average Bonchev–Trinajstić information content (AvgIpc) is 2.97. The van der Waals surface area contributed by atoms with E-state index in [0.717, 1.165) is 33.3 Å². The topological polar surface area (TPSA) is 49.2 Å². The summed E-state index contributed by atoms with van der Waals surface area (Å²) in [7, 11) is 0. The number of anilines is 1. The second kappa shape index (κ2) is 4.93. The molecule has 2 aliphatic heterocycles. The first kappa shape index (κ1) is 13.0. The van der Waals surface area contributed by atoms with E-state index in [1.165, 1.54) is 12.8 Å². The highest BCUT2D eigenvalue weighted by Gasteiger charge is 2.41. The highest BCUT2D eigenvalue weighted by molar-refractivity contribution is 9.10. The maximum atomic E-state index is 9.44. The number of hydrogen-bond acceptors (Lipinski definition) is 5. The third-order valence-electron chi connectivity index (χ3n) is 4.64. The smallest absolute Gasteiger partial charge is 0.142 e. The molecule has 1 N–H and O–H groups in total. The fraction of sp³-hybridized carbons (Fsp3) is 0.571. The molecule has 6 heteroatoms. The van der Waals surface area contributed by atoms with Gasteiger partial charge in [-0.25, -0.2) is 9.97 Å². The molecule has 4 nitrogen and oxygen atoms in total. The van der Waals surface area contributed by atoms with E-state index >= 15 is 0 Å². The molecule has 0 saturated carbocycles. The van der Waals surface area contributed by atoms with E-state index < -0.39 is 0 Å². The van der Waals surface area contributed by atoms with Crippen molar-refractivity contribution in [1.82, 2.24) is 9.97 Å². The van der Waals surface area contributed by atoms with E-state index in [4.69, 9.17) is 0 Å². The van der Waals surface area contributed by atoms with Gasteiger partial charge in [-0.15, -0.1) is 11.3 Å². The number of thiophene rings is 1. The molecule has 2 atom stereocenters. The Morgan fingerprint density at radius 2 is 2.05 bits per heavy atom. The highest BCUT2D eigenvalue weighted by Crippen LogP contribution is 2.44. The third kappa shape index (κ3) is 1.89. The van der Waals surface area contributed by atoms with Crippen LogP contribution < -0.4 is 4.90 Å². The summed E-state index contributed by atoms with van der Waals surface area (Å²) in [4.78, 5) is 12.5. The minimum absolute atomic E-state index is 0.322. The molecule has 20 heavy (non-hydrogen) atoms. The number of aliphatic hydroxyl groups is 1. The minimum atomic E-state index is 0.322. The Balaban J connectivity index is 1.79. The van der Waals surface area contributed by atoms with Crippen LogP contribution in [0.2, 0.25) is 0 Å². The summed E-state index contributed by atoms with van der Waals surface area (Å²) < 4.78 is 1.09. The van der Waals surface area contributed by atoms with Gasteiger partial charge in [0.1, 0.15) is 17.0 Å². The lowest BCUT2D eigenvalue weighted by atomic mass is 9.91. The predicted octanol–water partition coefficient (Wildman–Crippen LogP) is 3.19. The Morgan fingerprint density at radius 3 is 2.75 bits per heavy atom. The Bertz CT molecular complexity index is 632.